The molecule has 0 aromatic heterocycles. The van der Waals surface area contributed by atoms with E-state index >= 15 is 4.39 Å². The zero-order chi connectivity index (χ0) is 27.6. The summed E-state index contributed by atoms with van der Waals surface area (Å²) in [6.07, 6.45) is 3.84. The lowest BCUT2D eigenvalue weighted by atomic mass is 9.64. The third-order valence-electron chi connectivity index (χ3n) is 8.36. The van der Waals surface area contributed by atoms with Crippen LogP contribution in [0, 0.1) is 11.7 Å². The molecule has 196 valence electrons. The van der Waals surface area contributed by atoms with E-state index in [1.54, 1.807) is 36.4 Å². The number of hydrogen-bond donors (Lipinski definition) is 1. The fourth-order valence-electron chi connectivity index (χ4n) is 6.73. The topological polar surface area (TPSA) is 66.5 Å². The van der Waals surface area contributed by atoms with E-state index in [1.165, 1.54) is 18.2 Å². The maximum atomic E-state index is 15.2. The second-order valence-electron chi connectivity index (χ2n) is 10.3. The fourth-order valence-corrected chi connectivity index (χ4v) is 7.00. The van der Waals surface area contributed by atoms with Crippen molar-refractivity contribution in [3.8, 4) is 0 Å². The molecule has 0 aliphatic carbocycles. The van der Waals surface area contributed by atoms with Crippen molar-refractivity contribution >= 4 is 50.9 Å². The van der Waals surface area contributed by atoms with Crippen molar-refractivity contribution in [3.05, 3.63) is 136 Å². The van der Waals surface area contributed by atoms with Crippen LogP contribution in [0.4, 0.5) is 15.8 Å². The van der Waals surface area contributed by atoms with Crippen molar-refractivity contribution in [2.75, 3.05) is 10.2 Å². The first-order valence-corrected chi connectivity index (χ1v) is 13.8. The Morgan fingerprint density at radius 1 is 0.850 bits per heavy atom. The monoisotopic (exact) mass is 592 g/mol. The summed E-state index contributed by atoms with van der Waals surface area (Å²) in [5.41, 5.74) is 1.64. The van der Waals surface area contributed by atoms with Crippen molar-refractivity contribution in [1.29, 1.82) is 0 Å². The molecule has 1 N–H and O–H groups in total. The number of benzene rings is 4. The molecule has 1 saturated heterocycles. The molecular formula is C33H22BrFN2O3. The summed E-state index contributed by atoms with van der Waals surface area (Å²) >= 11 is 3.42. The quantitative estimate of drug-likeness (QED) is 0.277. The summed E-state index contributed by atoms with van der Waals surface area (Å²) in [6.45, 7) is 0. The minimum atomic E-state index is -1.43. The molecule has 3 aliphatic rings. The fraction of sp³-hybridized carbons (Fsp3) is 0.121. The van der Waals surface area contributed by atoms with Crippen LogP contribution >= 0.6 is 15.9 Å². The lowest BCUT2D eigenvalue weighted by molar-refractivity contribution is -0.121. The first kappa shape index (κ1) is 24.7. The molecule has 0 bridgehead atoms. The first-order valence-electron chi connectivity index (χ1n) is 13.0. The molecule has 40 heavy (non-hydrogen) atoms. The van der Waals surface area contributed by atoms with Gasteiger partial charge in [-0.2, -0.15) is 0 Å². The molecule has 4 aromatic rings. The zero-order valence-corrected chi connectivity index (χ0v) is 22.6. The summed E-state index contributed by atoms with van der Waals surface area (Å²) < 4.78 is 16.0. The minimum Gasteiger partial charge on any atom is -0.352 e. The molecule has 5 nitrogen and oxygen atoms in total. The number of nitrogens with zero attached hydrogens (tertiary/aromatic N) is 1. The summed E-state index contributed by atoms with van der Waals surface area (Å²) in [7, 11) is 0. The van der Waals surface area contributed by atoms with Crippen LogP contribution in [0.3, 0.4) is 0 Å². The van der Waals surface area contributed by atoms with Crippen molar-refractivity contribution in [3.63, 3.8) is 0 Å². The van der Waals surface area contributed by atoms with E-state index in [4.69, 9.17) is 0 Å². The Morgan fingerprint density at radius 3 is 2.35 bits per heavy atom. The number of anilines is 2. The minimum absolute atomic E-state index is 0.115. The third-order valence-corrected chi connectivity index (χ3v) is 8.89. The predicted molar refractivity (Wildman–Crippen MR) is 155 cm³/mol. The molecule has 4 atom stereocenters. The molecule has 1 amide bonds. The number of Topliss-reactive ketones (excluding diaryl/α,β-unsaturated/α-hetero) is 2. The highest BCUT2D eigenvalue weighted by atomic mass is 79.9. The molecule has 3 heterocycles. The number of rotatable bonds is 4. The van der Waals surface area contributed by atoms with Gasteiger partial charge in [0.15, 0.2) is 11.6 Å². The van der Waals surface area contributed by atoms with Gasteiger partial charge in [0, 0.05) is 21.4 Å². The zero-order valence-electron chi connectivity index (χ0n) is 21.1. The number of amides is 1. The van der Waals surface area contributed by atoms with Crippen LogP contribution in [0.15, 0.2) is 108 Å². The molecule has 7 heteroatoms. The molecule has 3 aliphatic heterocycles. The average Bonchev–Trinajstić information content (AvgIpc) is 3.45. The maximum absolute atomic E-state index is 15.2. The summed E-state index contributed by atoms with van der Waals surface area (Å²) in [6, 6.07) is 25.7. The Hall–Kier alpha value is -4.36. The maximum Gasteiger partial charge on any atom is 0.238 e. The van der Waals surface area contributed by atoms with Crippen LogP contribution in [0.5, 0.6) is 0 Å². The highest BCUT2D eigenvalue weighted by Gasteiger charge is 2.70. The molecule has 1 fully saturated rings. The number of nitrogens with one attached hydrogen (secondary N) is 1. The number of hydrogen-bond acceptors (Lipinski definition) is 4. The highest BCUT2D eigenvalue weighted by Crippen LogP contribution is 2.58. The number of carbonyl (C=O) groups excluding carboxylic acids is 3. The van der Waals surface area contributed by atoms with E-state index in [0.717, 1.165) is 10.0 Å². The smallest absolute Gasteiger partial charge is 0.238 e. The van der Waals surface area contributed by atoms with Crippen LogP contribution in [-0.2, 0) is 10.2 Å². The Balaban J connectivity index is 1.55. The van der Waals surface area contributed by atoms with E-state index in [2.05, 4.69) is 21.2 Å². The molecule has 1 spiro atoms. The summed E-state index contributed by atoms with van der Waals surface area (Å²) in [5.74, 6) is -3.07. The number of halogens is 2. The van der Waals surface area contributed by atoms with Gasteiger partial charge < -0.3 is 10.2 Å². The molecule has 4 aromatic carbocycles. The Bertz CT molecular complexity index is 1750. The summed E-state index contributed by atoms with van der Waals surface area (Å²) in [4.78, 5) is 45.3. The van der Waals surface area contributed by atoms with E-state index in [-0.39, 0.29) is 17.3 Å². The number of ketones is 2. The standard InChI is InChI=1S/C33H22BrFN2O3/c34-21-16-13-20(14-17-21)30(38)28-29(31(39)22-8-2-4-10-24(22)35)37-26-12-6-1-7-19(26)15-18-27(37)33(28)23-9-3-5-11-25(23)36-32(33)40/h1-18,27-29H,(H,36,40)/t27-,28+,29-,33-/m0/s1. The van der Waals surface area contributed by atoms with E-state index in [0.29, 0.717) is 22.5 Å². The second kappa shape index (κ2) is 9.10. The van der Waals surface area contributed by atoms with Gasteiger partial charge in [-0.25, -0.2) is 4.39 Å². The lowest BCUT2D eigenvalue weighted by Gasteiger charge is -2.37. The Morgan fingerprint density at radius 2 is 1.55 bits per heavy atom. The van der Waals surface area contributed by atoms with Gasteiger partial charge in [0.25, 0.3) is 0 Å². The van der Waals surface area contributed by atoms with Crippen molar-refractivity contribution < 1.29 is 18.8 Å². The van der Waals surface area contributed by atoms with Gasteiger partial charge in [-0.15, -0.1) is 0 Å². The van der Waals surface area contributed by atoms with Crippen molar-refractivity contribution in [1.82, 2.24) is 0 Å². The first-order chi connectivity index (χ1) is 19.4. The molecule has 0 radical (unpaired) electrons. The van der Waals surface area contributed by atoms with Gasteiger partial charge >= 0.3 is 0 Å². The molecule has 7 rings (SSSR count). The normalized spacial score (nSPS) is 23.9. The molecule has 0 unspecified atom stereocenters. The van der Waals surface area contributed by atoms with Gasteiger partial charge in [0.05, 0.1) is 17.5 Å². The van der Waals surface area contributed by atoms with Gasteiger partial charge in [0.1, 0.15) is 17.3 Å². The summed E-state index contributed by atoms with van der Waals surface area (Å²) in [5, 5.41) is 3.00. The van der Waals surface area contributed by atoms with Crippen LogP contribution in [0.2, 0.25) is 0 Å². The third kappa shape index (κ3) is 3.34. The van der Waals surface area contributed by atoms with Gasteiger partial charge in [-0.1, -0.05) is 88.7 Å². The molecule has 0 saturated carbocycles. The number of fused-ring (bicyclic) bond motifs is 6. The number of carbonyl (C=O) groups is 3. The SMILES string of the molecule is O=C(c1ccccc1F)[C@@H]1[C@H](C(=O)c2ccc(Br)cc2)[C@@]2(C(=O)Nc3ccccc32)[C@@H]2C=Cc3ccccc3N12. The second-order valence-corrected chi connectivity index (χ2v) is 11.2. The van der Waals surface area contributed by atoms with Crippen LogP contribution in [0.25, 0.3) is 6.08 Å². The van der Waals surface area contributed by atoms with Crippen LogP contribution in [0.1, 0.15) is 31.8 Å². The van der Waals surface area contributed by atoms with Crippen molar-refractivity contribution in [2.24, 2.45) is 5.92 Å². The molecular weight excluding hydrogens is 571 g/mol. The highest BCUT2D eigenvalue weighted by molar-refractivity contribution is 9.10. The van der Waals surface area contributed by atoms with Gasteiger partial charge in [0.2, 0.25) is 5.91 Å². The largest absolute Gasteiger partial charge is 0.352 e. The predicted octanol–water partition coefficient (Wildman–Crippen LogP) is 6.44. The van der Waals surface area contributed by atoms with Gasteiger partial charge in [-0.3, -0.25) is 14.4 Å². The lowest BCUT2D eigenvalue weighted by Crippen LogP contribution is -2.51. The Labute approximate surface area is 238 Å². The Kier molecular flexibility index (Phi) is 5.61. The average molecular weight is 593 g/mol. The van der Waals surface area contributed by atoms with E-state index in [9.17, 15) is 14.4 Å². The van der Waals surface area contributed by atoms with E-state index < -0.39 is 35.0 Å². The number of para-hydroxylation sites is 2. The van der Waals surface area contributed by atoms with Crippen LogP contribution < -0.4 is 10.2 Å². The van der Waals surface area contributed by atoms with Gasteiger partial charge in [-0.05, 0) is 47.5 Å². The van der Waals surface area contributed by atoms with Crippen molar-refractivity contribution in [2.45, 2.75) is 17.5 Å². The van der Waals surface area contributed by atoms with E-state index in [1.807, 2.05) is 59.5 Å². The van der Waals surface area contributed by atoms with Crippen LogP contribution in [-0.4, -0.2) is 29.6 Å².